The number of nitro groups is 1. The Morgan fingerprint density at radius 3 is 2.36 bits per heavy atom. The zero-order valence-corrected chi connectivity index (χ0v) is 14.3. The van der Waals surface area contributed by atoms with Crippen LogP contribution in [0, 0.1) is 10.1 Å². The molecule has 130 valence electrons. The number of hydrogen-bond acceptors (Lipinski definition) is 6. The molecule has 0 bridgehead atoms. The van der Waals surface area contributed by atoms with E-state index in [9.17, 15) is 14.9 Å². The van der Waals surface area contributed by atoms with Crippen molar-refractivity contribution >= 4 is 34.6 Å². The van der Waals surface area contributed by atoms with Gasteiger partial charge in [0.15, 0.2) is 5.11 Å². The summed E-state index contributed by atoms with van der Waals surface area (Å²) < 4.78 is 10.1. The van der Waals surface area contributed by atoms with Crippen LogP contribution in [0.15, 0.2) is 42.5 Å². The molecule has 0 aliphatic carbocycles. The molecule has 0 saturated carbocycles. The number of ether oxygens (including phenoxy) is 2. The molecule has 0 atom stereocenters. The van der Waals surface area contributed by atoms with Gasteiger partial charge in [-0.15, -0.1) is 0 Å². The fraction of sp³-hybridized carbons (Fsp3) is 0.125. The highest BCUT2D eigenvalue weighted by atomic mass is 32.1. The molecular formula is C16H15N3O5S. The van der Waals surface area contributed by atoms with Gasteiger partial charge < -0.3 is 14.8 Å². The second-order valence-corrected chi connectivity index (χ2v) is 5.19. The Kier molecular flexibility index (Phi) is 5.85. The van der Waals surface area contributed by atoms with Gasteiger partial charge in [0.1, 0.15) is 11.5 Å². The fourth-order valence-electron chi connectivity index (χ4n) is 1.97. The molecule has 9 heteroatoms. The van der Waals surface area contributed by atoms with Crippen molar-refractivity contribution in [1.29, 1.82) is 0 Å². The number of carbonyl (C=O) groups excluding carboxylic acids is 1. The SMILES string of the molecule is COc1ccc(C(=O)NC(=S)Nc2ccc([N+](=O)[O-])cc2OC)cc1. The quantitative estimate of drug-likeness (QED) is 0.479. The lowest BCUT2D eigenvalue weighted by molar-refractivity contribution is -0.384. The van der Waals surface area contributed by atoms with Crippen LogP contribution in [-0.2, 0) is 0 Å². The van der Waals surface area contributed by atoms with Crippen LogP contribution in [0.2, 0.25) is 0 Å². The summed E-state index contributed by atoms with van der Waals surface area (Å²) in [5.41, 5.74) is 0.685. The first-order valence-corrected chi connectivity index (χ1v) is 7.44. The minimum Gasteiger partial charge on any atom is -0.497 e. The third-order valence-electron chi connectivity index (χ3n) is 3.22. The minimum atomic E-state index is -0.532. The van der Waals surface area contributed by atoms with Gasteiger partial charge in [-0.2, -0.15) is 0 Å². The molecule has 2 N–H and O–H groups in total. The fourth-order valence-corrected chi connectivity index (χ4v) is 2.17. The normalized spacial score (nSPS) is 9.84. The Balaban J connectivity index is 2.06. The molecule has 0 unspecified atom stereocenters. The van der Waals surface area contributed by atoms with Crippen molar-refractivity contribution in [2.24, 2.45) is 0 Å². The van der Waals surface area contributed by atoms with Crippen LogP contribution in [0.5, 0.6) is 11.5 Å². The van der Waals surface area contributed by atoms with E-state index in [1.54, 1.807) is 24.3 Å². The Bertz CT molecular complexity index is 808. The number of rotatable bonds is 5. The van der Waals surface area contributed by atoms with Gasteiger partial charge >= 0.3 is 0 Å². The van der Waals surface area contributed by atoms with Crippen molar-refractivity contribution in [3.05, 3.63) is 58.1 Å². The van der Waals surface area contributed by atoms with Crippen LogP contribution >= 0.6 is 12.2 Å². The predicted octanol–water partition coefficient (Wildman–Crippen LogP) is 2.74. The van der Waals surface area contributed by atoms with Gasteiger partial charge in [-0.25, -0.2) is 0 Å². The first kappa shape index (κ1) is 18.1. The van der Waals surface area contributed by atoms with Crippen LogP contribution in [0.4, 0.5) is 11.4 Å². The molecular weight excluding hydrogens is 346 g/mol. The molecule has 0 radical (unpaired) electrons. The molecule has 0 fully saturated rings. The van der Waals surface area contributed by atoms with E-state index >= 15 is 0 Å². The van der Waals surface area contributed by atoms with Crippen LogP contribution < -0.4 is 20.1 Å². The van der Waals surface area contributed by atoms with Crippen molar-refractivity contribution < 1.29 is 19.2 Å². The molecule has 1 amide bonds. The van der Waals surface area contributed by atoms with Crippen LogP contribution in [0.25, 0.3) is 0 Å². The van der Waals surface area contributed by atoms with Crippen LogP contribution in [0.1, 0.15) is 10.4 Å². The Morgan fingerprint density at radius 2 is 1.80 bits per heavy atom. The highest BCUT2D eigenvalue weighted by Gasteiger charge is 2.14. The number of nitrogens with one attached hydrogen (secondary N) is 2. The van der Waals surface area contributed by atoms with E-state index in [-0.39, 0.29) is 16.5 Å². The Labute approximate surface area is 148 Å². The lowest BCUT2D eigenvalue weighted by Crippen LogP contribution is -2.34. The van der Waals surface area contributed by atoms with E-state index in [2.05, 4.69) is 10.6 Å². The van der Waals surface area contributed by atoms with E-state index in [4.69, 9.17) is 21.7 Å². The number of methoxy groups -OCH3 is 2. The van der Waals surface area contributed by atoms with E-state index < -0.39 is 10.8 Å². The lowest BCUT2D eigenvalue weighted by Gasteiger charge is -2.12. The average molecular weight is 361 g/mol. The van der Waals surface area contributed by atoms with Crippen LogP contribution in [-0.4, -0.2) is 30.2 Å². The van der Waals surface area contributed by atoms with Gasteiger partial charge in [0.2, 0.25) is 0 Å². The summed E-state index contributed by atoms with van der Waals surface area (Å²) >= 11 is 5.10. The number of nitro benzene ring substituents is 1. The third-order valence-corrected chi connectivity index (χ3v) is 3.43. The maximum absolute atomic E-state index is 12.1. The summed E-state index contributed by atoms with van der Waals surface area (Å²) in [6, 6.07) is 10.5. The summed E-state index contributed by atoms with van der Waals surface area (Å²) in [6.45, 7) is 0. The molecule has 2 rings (SSSR count). The van der Waals surface area contributed by atoms with Gasteiger partial charge in [0.05, 0.1) is 30.9 Å². The monoisotopic (exact) mass is 361 g/mol. The molecule has 2 aromatic rings. The number of amides is 1. The topological polar surface area (TPSA) is 103 Å². The number of non-ortho nitro benzene ring substituents is 1. The number of anilines is 1. The van der Waals surface area contributed by atoms with Gasteiger partial charge in [-0.1, -0.05) is 0 Å². The van der Waals surface area contributed by atoms with Gasteiger partial charge in [-0.3, -0.25) is 20.2 Å². The second kappa shape index (κ2) is 8.06. The maximum atomic E-state index is 12.1. The number of nitrogens with zero attached hydrogens (tertiary/aromatic N) is 1. The molecule has 2 aromatic carbocycles. The lowest BCUT2D eigenvalue weighted by atomic mass is 10.2. The van der Waals surface area contributed by atoms with Crippen molar-refractivity contribution in [3.63, 3.8) is 0 Å². The zero-order chi connectivity index (χ0) is 18.4. The number of hydrogen-bond donors (Lipinski definition) is 2. The highest BCUT2D eigenvalue weighted by molar-refractivity contribution is 7.80. The molecule has 0 saturated heterocycles. The van der Waals surface area contributed by atoms with E-state index in [0.717, 1.165) is 0 Å². The van der Waals surface area contributed by atoms with Crippen LogP contribution in [0.3, 0.4) is 0 Å². The third kappa shape index (κ3) is 4.64. The summed E-state index contributed by atoms with van der Waals surface area (Å²) in [5.74, 6) is 0.462. The number of carbonyl (C=O) groups is 1. The van der Waals surface area contributed by atoms with Crippen molar-refractivity contribution in [3.8, 4) is 11.5 Å². The predicted molar refractivity (Wildman–Crippen MR) is 96.3 cm³/mol. The molecule has 0 aliphatic heterocycles. The molecule has 0 aromatic heterocycles. The van der Waals surface area contributed by atoms with E-state index in [0.29, 0.717) is 17.0 Å². The number of thiocarbonyl (C=S) groups is 1. The molecule has 0 heterocycles. The first-order valence-electron chi connectivity index (χ1n) is 7.03. The standard InChI is InChI=1S/C16H15N3O5S/c1-23-12-6-3-10(4-7-12)15(20)18-16(25)17-13-8-5-11(19(21)22)9-14(13)24-2/h3-9H,1-2H3,(H2,17,18,20,25). The Hall–Kier alpha value is -3.20. The van der Waals surface area contributed by atoms with Gasteiger partial charge in [0.25, 0.3) is 11.6 Å². The molecule has 0 aliphatic rings. The highest BCUT2D eigenvalue weighted by Crippen LogP contribution is 2.28. The average Bonchev–Trinajstić information content (AvgIpc) is 2.61. The van der Waals surface area contributed by atoms with E-state index in [1.807, 2.05) is 0 Å². The van der Waals surface area contributed by atoms with Gasteiger partial charge in [0, 0.05) is 11.6 Å². The maximum Gasteiger partial charge on any atom is 0.273 e. The smallest absolute Gasteiger partial charge is 0.273 e. The van der Waals surface area contributed by atoms with E-state index in [1.165, 1.54) is 32.4 Å². The minimum absolute atomic E-state index is 0.0352. The summed E-state index contributed by atoms with van der Waals surface area (Å²) in [4.78, 5) is 22.4. The first-order chi connectivity index (χ1) is 11.9. The largest absolute Gasteiger partial charge is 0.497 e. The molecule has 8 nitrogen and oxygen atoms in total. The summed E-state index contributed by atoms with van der Waals surface area (Å²) in [5, 5.41) is 16.1. The van der Waals surface area contributed by atoms with Crippen molar-refractivity contribution in [2.45, 2.75) is 0 Å². The number of benzene rings is 2. The molecule has 25 heavy (non-hydrogen) atoms. The van der Waals surface area contributed by atoms with Gasteiger partial charge in [-0.05, 0) is 42.5 Å². The van der Waals surface area contributed by atoms with Crippen molar-refractivity contribution in [2.75, 3.05) is 19.5 Å². The summed E-state index contributed by atoms with van der Waals surface area (Å²) in [7, 11) is 2.91. The zero-order valence-electron chi connectivity index (χ0n) is 13.4. The molecule has 0 spiro atoms. The van der Waals surface area contributed by atoms with Crippen molar-refractivity contribution in [1.82, 2.24) is 5.32 Å². The summed E-state index contributed by atoms with van der Waals surface area (Å²) in [6.07, 6.45) is 0. The second-order valence-electron chi connectivity index (χ2n) is 4.78. The Morgan fingerprint density at radius 1 is 1.12 bits per heavy atom.